The van der Waals surface area contributed by atoms with Crippen LogP contribution in [0.25, 0.3) is 0 Å². The van der Waals surface area contributed by atoms with Crippen LogP contribution in [-0.2, 0) is 23.1 Å². The van der Waals surface area contributed by atoms with Gasteiger partial charge in [0.2, 0.25) is 10.0 Å². The molecule has 116 valence electrons. The van der Waals surface area contributed by atoms with E-state index in [0.717, 1.165) is 24.2 Å². The van der Waals surface area contributed by atoms with Crippen molar-refractivity contribution in [2.75, 3.05) is 0 Å². The highest BCUT2D eigenvalue weighted by Gasteiger charge is 2.21. The van der Waals surface area contributed by atoms with Crippen molar-refractivity contribution in [1.29, 1.82) is 0 Å². The monoisotopic (exact) mass is 311 g/mol. The van der Waals surface area contributed by atoms with E-state index in [0.29, 0.717) is 6.54 Å². The summed E-state index contributed by atoms with van der Waals surface area (Å²) in [5.41, 5.74) is 7.26. The van der Waals surface area contributed by atoms with Gasteiger partial charge < -0.3 is 10.3 Å². The molecule has 7 nitrogen and oxygen atoms in total. The smallest absolute Gasteiger partial charge is 0.242 e. The minimum Gasteiger partial charge on any atom is -0.349 e. The van der Waals surface area contributed by atoms with Crippen LogP contribution >= 0.6 is 0 Å². The van der Waals surface area contributed by atoms with Gasteiger partial charge in [0.1, 0.15) is 0 Å². The van der Waals surface area contributed by atoms with Crippen LogP contribution < -0.4 is 10.5 Å². The molecule has 2 heterocycles. The number of rotatable bonds is 7. The molecule has 0 spiro atoms. The molecule has 21 heavy (non-hydrogen) atoms. The SMILES string of the molecule is CCCn1cc(S(=O)(=O)NC(C)c2cn[nH]c2)cc1CN. The fourth-order valence-electron chi connectivity index (χ4n) is 2.16. The molecule has 2 rings (SSSR count). The van der Waals surface area contributed by atoms with Crippen molar-refractivity contribution in [1.82, 2.24) is 19.5 Å². The maximum absolute atomic E-state index is 12.4. The van der Waals surface area contributed by atoms with Gasteiger partial charge in [0.15, 0.2) is 0 Å². The van der Waals surface area contributed by atoms with Gasteiger partial charge in [0, 0.05) is 42.8 Å². The van der Waals surface area contributed by atoms with Crippen LogP contribution in [-0.4, -0.2) is 23.2 Å². The quantitative estimate of drug-likeness (QED) is 0.712. The molecule has 0 amide bonds. The average Bonchev–Trinajstić information content (AvgIpc) is 3.08. The summed E-state index contributed by atoms with van der Waals surface area (Å²) in [6, 6.07) is 1.27. The predicted molar refractivity (Wildman–Crippen MR) is 79.9 cm³/mol. The van der Waals surface area contributed by atoms with E-state index >= 15 is 0 Å². The molecule has 2 aromatic heterocycles. The molecule has 1 unspecified atom stereocenters. The summed E-state index contributed by atoms with van der Waals surface area (Å²) in [6.07, 6.45) is 5.82. The lowest BCUT2D eigenvalue weighted by molar-refractivity contribution is 0.566. The molecule has 0 aliphatic carbocycles. The third-order valence-electron chi connectivity index (χ3n) is 3.30. The van der Waals surface area contributed by atoms with Gasteiger partial charge in [-0.3, -0.25) is 5.10 Å². The molecule has 0 aromatic carbocycles. The molecule has 2 aromatic rings. The third kappa shape index (κ3) is 3.52. The number of nitrogens with two attached hydrogens (primary N) is 1. The highest BCUT2D eigenvalue weighted by molar-refractivity contribution is 7.89. The van der Waals surface area contributed by atoms with Crippen molar-refractivity contribution >= 4 is 10.0 Å². The van der Waals surface area contributed by atoms with E-state index in [4.69, 9.17) is 5.73 Å². The van der Waals surface area contributed by atoms with Gasteiger partial charge in [-0.25, -0.2) is 13.1 Å². The number of sulfonamides is 1. The number of hydrogen-bond acceptors (Lipinski definition) is 4. The lowest BCUT2D eigenvalue weighted by Crippen LogP contribution is -2.26. The number of aromatic amines is 1. The van der Waals surface area contributed by atoms with Gasteiger partial charge in [-0.05, 0) is 19.4 Å². The Morgan fingerprint density at radius 2 is 2.29 bits per heavy atom. The van der Waals surface area contributed by atoms with E-state index in [-0.39, 0.29) is 10.9 Å². The van der Waals surface area contributed by atoms with Crippen molar-refractivity contribution in [3.63, 3.8) is 0 Å². The third-order valence-corrected chi connectivity index (χ3v) is 4.80. The topological polar surface area (TPSA) is 106 Å². The second-order valence-electron chi connectivity index (χ2n) is 4.94. The number of hydrogen-bond donors (Lipinski definition) is 3. The first-order valence-electron chi connectivity index (χ1n) is 6.88. The minimum atomic E-state index is -3.58. The molecule has 0 radical (unpaired) electrons. The van der Waals surface area contributed by atoms with E-state index < -0.39 is 10.0 Å². The molecule has 0 fully saturated rings. The van der Waals surface area contributed by atoms with Crippen LogP contribution in [0.1, 0.15) is 37.6 Å². The molecule has 0 aliphatic heterocycles. The maximum atomic E-state index is 12.4. The van der Waals surface area contributed by atoms with E-state index in [2.05, 4.69) is 14.9 Å². The first-order chi connectivity index (χ1) is 9.97. The van der Waals surface area contributed by atoms with Gasteiger partial charge in [0.05, 0.1) is 11.1 Å². The summed E-state index contributed by atoms with van der Waals surface area (Å²) < 4.78 is 29.4. The predicted octanol–water partition coefficient (Wildman–Crippen LogP) is 1.12. The Hall–Kier alpha value is -1.64. The van der Waals surface area contributed by atoms with Crippen LogP contribution in [0.15, 0.2) is 29.6 Å². The fraction of sp³-hybridized carbons (Fsp3) is 0.462. The van der Waals surface area contributed by atoms with Crippen molar-refractivity contribution < 1.29 is 8.42 Å². The van der Waals surface area contributed by atoms with E-state index in [1.807, 2.05) is 11.5 Å². The lowest BCUT2D eigenvalue weighted by atomic mass is 10.2. The number of aromatic nitrogens is 3. The normalized spacial score (nSPS) is 13.5. The van der Waals surface area contributed by atoms with Gasteiger partial charge in [0.25, 0.3) is 0 Å². The number of aryl methyl sites for hydroxylation is 1. The zero-order chi connectivity index (χ0) is 15.5. The standard InChI is InChI=1S/C13H21N5O2S/c1-3-4-18-9-13(5-12(18)6-14)21(19,20)17-10(2)11-7-15-16-8-11/h5,7-10,17H,3-4,6,14H2,1-2H3,(H,15,16). The average molecular weight is 311 g/mol. The molecule has 0 saturated carbocycles. The summed E-state index contributed by atoms with van der Waals surface area (Å²) in [4.78, 5) is 0.242. The number of nitrogens with zero attached hydrogens (tertiary/aromatic N) is 2. The zero-order valence-corrected chi connectivity index (χ0v) is 13.0. The van der Waals surface area contributed by atoms with Crippen molar-refractivity contribution in [2.24, 2.45) is 5.73 Å². The Balaban J connectivity index is 2.23. The summed E-state index contributed by atoms with van der Waals surface area (Å²) in [5.74, 6) is 0. The van der Waals surface area contributed by atoms with E-state index in [1.165, 1.54) is 0 Å². The Morgan fingerprint density at radius 1 is 1.52 bits per heavy atom. The summed E-state index contributed by atoms with van der Waals surface area (Å²) in [5, 5.41) is 6.49. The molecular formula is C13H21N5O2S. The minimum absolute atomic E-state index is 0.242. The van der Waals surface area contributed by atoms with Gasteiger partial charge in [-0.1, -0.05) is 6.92 Å². The molecular weight excluding hydrogens is 290 g/mol. The molecule has 0 bridgehead atoms. The Morgan fingerprint density at radius 3 is 2.86 bits per heavy atom. The highest BCUT2D eigenvalue weighted by Crippen LogP contribution is 2.18. The zero-order valence-electron chi connectivity index (χ0n) is 12.2. The molecule has 0 aliphatic rings. The van der Waals surface area contributed by atoms with Crippen LogP contribution in [0.3, 0.4) is 0 Å². The fourth-order valence-corrected chi connectivity index (χ4v) is 3.45. The first-order valence-corrected chi connectivity index (χ1v) is 8.36. The maximum Gasteiger partial charge on any atom is 0.242 e. The van der Waals surface area contributed by atoms with Crippen molar-refractivity contribution in [3.05, 3.63) is 35.9 Å². The largest absolute Gasteiger partial charge is 0.349 e. The summed E-state index contributed by atoms with van der Waals surface area (Å²) in [6.45, 7) is 4.87. The van der Waals surface area contributed by atoms with Crippen LogP contribution in [0, 0.1) is 0 Å². The van der Waals surface area contributed by atoms with Crippen LogP contribution in [0.2, 0.25) is 0 Å². The lowest BCUT2D eigenvalue weighted by Gasteiger charge is -2.11. The van der Waals surface area contributed by atoms with Crippen molar-refractivity contribution in [3.8, 4) is 0 Å². The molecule has 4 N–H and O–H groups in total. The van der Waals surface area contributed by atoms with Crippen molar-refractivity contribution in [2.45, 2.75) is 44.3 Å². The van der Waals surface area contributed by atoms with Gasteiger partial charge in [-0.15, -0.1) is 0 Å². The van der Waals surface area contributed by atoms with E-state index in [9.17, 15) is 8.42 Å². The van der Waals surface area contributed by atoms with E-state index in [1.54, 1.807) is 31.6 Å². The molecule has 1 atom stereocenters. The Kier molecular flexibility index (Phi) is 4.81. The molecule has 8 heteroatoms. The summed E-state index contributed by atoms with van der Waals surface area (Å²) >= 11 is 0. The Bertz CT molecular complexity index is 675. The summed E-state index contributed by atoms with van der Waals surface area (Å²) in [7, 11) is -3.58. The number of nitrogens with one attached hydrogen (secondary N) is 2. The first kappa shape index (κ1) is 15.7. The van der Waals surface area contributed by atoms with Crippen LogP contribution in [0.5, 0.6) is 0 Å². The van der Waals surface area contributed by atoms with Crippen LogP contribution in [0.4, 0.5) is 0 Å². The second kappa shape index (κ2) is 6.42. The highest BCUT2D eigenvalue weighted by atomic mass is 32.2. The van der Waals surface area contributed by atoms with Gasteiger partial charge >= 0.3 is 0 Å². The Labute approximate surface area is 124 Å². The second-order valence-corrected chi connectivity index (χ2v) is 6.65. The van der Waals surface area contributed by atoms with Gasteiger partial charge in [-0.2, -0.15) is 5.10 Å². The molecule has 0 saturated heterocycles. The number of H-pyrrole nitrogens is 1.